The molecule has 1 aliphatic heterocycles. The molecule has 0 aromatic carbocycles. The van der Waals surface area contributed by atoms with Crippen molar-refractivity contribution in [1.29, 1.82) is 5.41 Å². The zero-order valence-electron chi connectivity index (χ0n) is 9.04. The van der Waals surface area contributed by atoms with E-state index in [1.807, 2.05) is 0 Å². The van der Waals surface area contributed by atoms with Crippen LogP contribution in [0.4, 0.5) is 5.82 Å². The quantitative estimate of drug-likeness (QED) is 0.504. The van der Waals surface area contributed by atoms with Gasteiger partial charge in [-0.2, -0.15) is 0 Å². The van der Waals surface area contributed by atoms with E-state index >= 15 is 0 Å². The fourth-order valence-electron chi connectivity index (χ4n) is 1.69. The lowest BCUT2D eigenvalue weighted by atomic mass is 10.1. The Labute approximate surface area is 109 Å². The van der Waals surface area contributed by atoms with Crippen LogP contribution in [0.15, 0.2) is 0 Å². The van der Waals surface area contributed by atoms with E-state index in [1.165, 1.54) is 0 Å². The van der Waals surface area contributed by atoms with Crippen molar-refractivity contribution in [2.24, 2.45) is 0 Å². The van der Waals surface area contributed by atoms with E-state index in [-0.39, 0.29) is 16.5 Å². The van der Waals surface area contributed by atoms with Crippen LogP contribution in [0, 0.1) is 5.41 Å². The van der Waals surface area contributed by atoms with Crippen LogP contribution in [0.25, 0.3) is 0 Å². The topological polar surface area (TPSA) is 70.9 Å². The maximum atomic E-state index is 7.32. The van der Waals surface area contributed by atoms with E-state index in [0.29, 0.717) is 11.4 Å². The summed E-state index contributed by atoms with van der Waals surface area (Å²) >= 11 is 11.7. The Bertz CT molecular complexity index is 421. The van der Waals surface area contributed by atoms with E-state index < -0.39 is 0 Å². The van der Waals surface area contributed by atoms with Crippen molar-refractivity contribution in [1.82, 2.24) is 9.97 Å². The number of nitrogens with one attached hydrogen (secondary N) is 2. The summed E-state index contributed by atoms with van der Waals surface area (Å²) in [6.45, 7) is 1.45. The summed E-state index contributed by atoms with van der Waals surface area (Å²) in [5.74, 6) is 0.511. The van der Waals surface area contributed by atoms with Crippen molar-refractivity contribution in [2.75, 3.05) is 18.5 Å². The molecule has 0 bridgehead atoms. The number of rotatable bonds is 3. The van der Waals surface area contributed by atoms with Crippen LogP contribution in [0.2, 0.25) is 10.4 Å². The van der Waals surface area contributed by atoms with Gasteiger partial charge in [-0.15, -0.1) is 0 Å². The number of hydrogen-bond donors (Lipinski definition) is 2. The Morgan fingerprint density at radius 3 is 2.65 bits per heavy atom. The molecule has 17 heavy (non-hydrogen) atoms. The van der Waals surface area contributed by atoms with Gasteiger partial charge in [0.1, 0.15) is 11.0 Å². The Morgan fingerprint density at radius 2 is 2.00 bits per heavy atom. The van der Waals surface area contributed by atoms with Crippen LogP contribution >= 0.6 is 23.2 Å². The summed E-state index contributed by atoms with van der Waals surface area (Å²) in [7, 11) is 0. The molecule has 1 fully saturated rings. The minimum Gasteiger partial charge on any atom is -0.381 e. The number of hydrogen-bond acceptors (Lipinski definition) is 5. The molecule has 0 aliphatic carbocycles. The summed E-state index contributed by atoms with van der Waals surface area (Å²) in [5, 5.41) is 10.8. The molecule has 0 radical (unpaired) electrons. The number of halogens is 2. The molecule has 1 saturated heterocycles. The monoisotopic (exact) mass is 274 g/mol. The van der Waals surface area contributed by atoms with Crippen molar-refractivity contribution in [3.63, 3.8) is 0 Å². The SMILES string of the molecule is N=Cc1c(Cl)nc(Cl)nc1NC1CCOCC1. The van der Waals surface area contributed by atoms with E-state index in [9.17, 15) is 0 Å². The normalized spacial score (nSPS) is 16.8. The van der Waals surface area contributed by atoms with Crippen molar-refractivity contribution in [3.05, 3.63) is 16.0 Å². The Morgan fingerprint density at radius 1 is 1.29 bits per heavy atom. The van der Waals surface area contributed by atoms with Crippen molar-refractivity contribution in [3.8, 4) is 0 Å². The summed E-state index contributed by atoms with van der Waals surface area (Å²) in [6.07, 6.45) is 2.92. The van der Waals surface area contributed by atoms with Crippen LogP contribution in [-0.4, -0.2) is 35.4 Å². The summed E-state index contributed by atoms with van der Waals surface area (Å²) in [5.41, 5.74) is 0.461. The lowest BCUT2D eigenvalue weighted by Crippen LogP contribution is -2.28. The van der Waals surface area contributed by atoms with Crippen LogP contribution in [-0.2, 0) is 4.74 Å². The summed E-state index contributed by atoms with van der Waals surface area (Å²) < 4.78 is 5.27. The van der Waals surface area contributed by atoms with Gasteiger partial charge in [0.15, 0.2) is 0 Å². The van der Waals surface area contributed by atoms with Gasteiger partial charge >= 0.3 is 0 Å². The molecule has 1 aromatic rings. The van der Waals surface area contributed by atoms with Crippen molar-refractivity contribution in [2.45, 2.75) is 18.9 Å². The first-order chi connectivity index (χ1) is 8.20. The van der Waals surface area contributed by atoms with Gasteiger partial charge in [-0.3, -0.25) is 0 Å². The average molecular weight is 275 g/mol. The third-order valence-corrected chi connectivity index (χ3v) is 3.04. The third-order valence-electron chi connectivity index (χ3n) is 2.58. The predicted molar refractivity (Wildman–Crippen MR) is 67.4 cm³/mol. The minimum atomic E-state index is 0.0789. The highest BCUT2D eigenvalue weighted by Crippen LogP contribution is 2.23. The van der Waals surface area contributed by atoms with Crippen LogP contribution in [0.5, 0.6) is 0 Å². The highest BCUT2D eigenvalue weighted by atomic mass is 35.5. The zero-order valence-corrected chi connectivity index (χ0v) is 10.6. The zero-order chi connectivity index (χ0) is 12.3. The van der Waals surface area contributed by atoms with Gasteiger partial charge < -0.3 is 15.5 Å². The molecule has 5 nitrogen and oxygen atoms in total. The van der Waals surface area contributed by atoms with Gasteiger partial charge in [0.05, 0.1) is 5.56 Å². The Hall–Kier alpha value is -0.910. The maximum absolute atomic E-state index is 7.32. The van der Waals surface area contributed by atoms with Gasteiger partial charge in [-0.05, 0) is 24.4 Å². The minimum absolute atomic E-state index is 0.0789. The van der Waals surface area contributed by atoms with Gasteiger partial charge in [0.25, 0.3) is 0 Å². The number of aromatic nitrogens is 2. The first kappa shape index (κ1) is 12.5. The van der Waals surface area contributed by atoms with Gasteiger partial charge in [0, 0.05) is 25.5 Å². The predicted octanol–water partition coefficient (Wildman–Crippen LogP) is 2.37. The van der Waals surface area contributed by atoms with E-state index in [1.54, 1.807) is 0 Å². The van der Waals surface area contributed by atoms with Crippen LogP contribution < -0.4 is 5.32 Å². The molecular formula is C10H12Cl2N4O. The largest absolute Gasteiger partial charge is 0.381 e. The number of ether oxygens (including phenoxy) is 1. The lowest BCUT2D eigenvalue weighted by molar-refractivity contribution is 0.0904. The Balaban J connectivity index is 2.21. The van der Waals surface area contributed by atoms with E-state index in [2.05, 4.69) is 15.3 Å². The highest BCUT2D eigenvalue weighted by Gasteiger charge is 2.17. The molecule has 0 unspecified atom stereocenters. The summed E-state index contributed by atoms with van der Waals surface area (Å²) in [6, 6.07) is 0.268. The number of nitrogens with zero attached hydrogens (tertiary/aromatic N) is 2. The molecule has 2 rings (SSSR count). The molecule has 0 spiro atoms. The standard InChI is InChI=1S/C10H12Cl2N4O/c11-8-7(5-13)9(16-10(12)15-8)14-6-1-3-17-4-2-6/h5-6,13H,1-4H2,(H,14,15,16). The van der Waals surface area contributed by atoms with E-state index in [0.717, 1.165) is 32.3 Å². The van der Waals surface area contributed by atoms with Crippen molar-refractivity contribution >= 4 is 35.2 Å². The summed E-state index contributed by atoms with van der Waals surface area (Å²) in [4.78, 5) is 7.87. The third kappa shape index (κ3) is 3.06. The first-order valence-corrected chi connectivity index (χ1v) is 6.04. The fourth-order valence-corrected chi connectivity index (χ4v) is 2.13. The number of anilines is 1. The second-order valence-corrected chi connectivity index (χ2v) is 4.42. The van der Waals surface area contributed by atoms with Gasteiger partial charge in [-0.25, -0.2) is 9.97 Å². The molecule has 0 amide bonds. The molecule has 1 aliphatic rings. The Kier molecular flexibility index (Phi) is 4.15. The molecule has 2 heterocycles. The molecule has 0 atom stereocenters. The molecule has 92 valence electrons. The smallest absolute Gasteiger partial charge is 0.225 e. The molecule has 7 heteroatoms. The van der Waals surface area contributed by atoms with Gasteiger partial charge in [-0.1, -0.05) is 11.6 Å². The molecule has 1 aromatic heterocycles. The van der Waals surface area contributed by atoms with Crippen molar-refractivity contribution < 1.29 is 4.74 Å². The highest BCUT2D eigenvalue weighted by molar-refractivity contribution is 6.34. The molecule has 2 N–H and O–H groups in total. The molecule has 0 saturated carbocycles. The second kappa shape index (κ2) is 5.62. The van der Waals surface area contributed by atoms with Crippen LogP contribution in [0.3, 0.4) is 0 Å². The first-order valence-electron chi connectivity index (χ1n) is 5.28. The maximum Gasteiger partial charge on any atom is 0.225 e. The van der Waals surface area contributed by atoms with E-state index in [4.69, 9.17) is 33.3 Å². The van der Waals surface area contributed by atoms with Gasteiger partial charge in [0.2, 0.25) is 5.28 Å². The lowest BCUT2D eigenvalue weighted by Gasteiger charge is -2.24. The second-order valence-electron chi connectivity index (χ2n) is 3.72. The fraction of sp³-hybridized carbons (Fsp3) is 0.500. The average Bonchev–Trinajstić information content (AvgIpc) is 2.30. The molecular weight excluding hydrogens is 263 g/mol. The van der Waals surface area contributed by atoms with Crippen LogP contribution in [0.1, 0.15) is 18.4 Å².